The summed E-state index contributed by atoms with van der Waals surface area (Å²) in [6.45, 7) is 4.81. The van der Waals surface area contributed by atoms with E-state index in [0.717, 1.165) is 35.7 Å². The Hall–Kier alpha value is -1.07. The third-order valence-corrected chi connectivity index (χ3v) is 5.45. The molecule has 0 atom stereocenters. The van der Waals surface area contributed by atoms with Crippen molar-refractivity contribution in [3.05, 3.63) is 23.3 Å². The molecular weight excluding hydrogens is 284 g/mol. The lowest BCUT2D eigenvalue weighted by molar-refractivity contribution is 0.345. The highest BCUT2D eigenvalue weighted by Crippen LogP contribution is 2.27. The van der Waals surface area contributed by atoms with Crippen molar-refractivity contribution in [2.75, 3.05) is 11.9 Å². The fraction of sp³-hybridized carbons (Fsp3) is 0.625. The molecule has 1 aromatic rings. The van der Waals surface area contributed by atoms with Crippen LogP contribution >= 0.6 is 0 Å². The molecular formula is C16H26N2O2S. The highest BCUT2D eigenvalue weighted by atomic mass is 32.2. The normalized spacial score (nSPS) is 16.9. The van der Waals surface area contributed by atoms with Crippen molar-refractivity contribution in [3.63, 3.8) is 0 Å². The molecule has 1 fully saturated rings. The van der Waals surface area contributed by atoms with Gasteiger partial charge in [-0.2, -0.15) is 0 Å². The van der Waals surface area contributed by atoms with Gasteiger partial charge in [0.1, 0.15) is 0 Å². The van der Waals surface area contributed by atoms with Gasteiger partial charge in [-0.3, -0.25) is 0 Å². The Morgan fingerprint density at radius 3 is 2.48 bits per heavy atom. The predicted molar refractivity (Wildman–Crippen MR) is 87.0 cm³/mol. The maximum Gasteiger partial charge on any atom is 0.238 e. The van der Waals surface area contributed by atoms with Crippen molar-refractivity contribution < 1.29 is 8.42 Å². The molecule has 0 radical (unpaired) electrons. The summed E-state index contributed by atoms with van der Waals surface area (Å²) in [4.78, 5) is 0.186. The van der Waals surface area contributed by atoms with E-state index in [4.69, 9.17) is 5.14 Å². The van der Waals surface area contributed by atoms with Crippen LogP contribution in [0.1, 0.15) is 49.7 Å². The molecule has 0 unspecified atom stereocenters. The van der Waals surface area contributed by atoms with Crippen molar-refractivity contribution in [1.29, 1.82) is 0 Å². The van der Waals surface area contributed by atoms with E-state index in [-0.39, 0.29) is 4.90 Å². The zero-order valence-corrected chi connectivity index (χ0v) is 13.8. The summed E-state index contributed by atoms with van der Waals surface area (Å²) in [7, 11) is -3.65. The number of hydrogen-bond acceptors (Lipinski definition) is 3. The predicted octanol–water partition coefficient (Wildman–Crippen LogP) is 3.33. The minimum atomic E-state index is -3.65. The van der Waals surface area contributed by atoms with Crippen LogP contribution in [-0.2, 0) is 10.0 Å². The molecule has 5 heteroatoms. The Bertz CT molecular complexity index is 591. The van der Waals surface area contributed by atoms with Crippen LogP contribution in [0.4, 0.5) is 5.69 Å². The van der Waals surface area contributed by atoms with Crippen LogP contribution in [0, 0.1) is 19.8 Å². The third-order valence-electron chi connectivity index (χ3n) is 4.56. The number of anilines is 1. The second-order valence-corrected chi connectivity index (χ2v) is 7.74. The summed E-state index contributed by atoms with van der Waals surface area (Å²) in [6.07, 6.45) is 7.89. The zero-order valence-electron chi connectivity index (χ0n) is 13.0. The maximum absolute atomic E-state index is 11.5. The number of primary sulfonamides is 1. The molecule has 1 aromatic carbocycles. The number of hydrogen-bond donors (Lipinski definition) is 2. The number of sulfonamides is 1. The highest BCUT2D eigenvalue weighted by molar-refractivity contribution is 7.89. The molecule has 4 nitrogen and oxygen atoms in total. The summed E-state index contributed by atoms with van der Waals surface area (Å²) >= 11 is 0. The molecule has 0 aliphatic heterocycles. The van der Waals surface area contributed by atoms with Gasteiger partial charge in [0, 0.05) is 12.2 Å². The molecule has 1 aliphatic rings. The average molecular weight is 310 g/mol. The van der Waals surface area contributed by atoms with Gasteiger partial charge in [0.05, 0.1) is 4.90 Å². The average Bonchev–Trinajstić information content (AvgIpc) is 2.43. The number of nitrogens with two attached hydrogens (primary N) is 1. The first-order valence-electron chi connectivity index (χ1n) is 7.76. The SMILES string of the molecule is Cc1cc(S(N)(=O)=O)cc(NCCC2CCCCC2)c1C. The van der Waals surface area contributed by atoms with E-state index in [0.29, 0.717) is 0 Å². The van der Waals surface area contributed by atoms with E-state index in [1.165, 1.54) is 32.1 Å². The smallest absolute Gasteiger partial charge is 0.238 e. The molecule has 1 saturated carbocycles. The van der Waals surface area contributed by atoms with Gasteiger partial charge < -0.3 is 5.32 Å². The van der Waals surface area contributed by atoms with E-state index in [2.05, 4.69) is 5.32 Å². The molecule has 0 aromatic heterocycles. The zero-order chi connectivity index (χ0) is 15.5. The van der Waals surface area contributed by atoms with Gasteiger partial charge in [-0.15, -0.1) is 0 Å². The summed E-state index contributed by atoms with van der Waals surface area (Å²) in [6, 6.07) is 3.29. The Balaban J connectivity index is 2.03. The summed E-state index contributed by atoms with van der Waals surface area (Å²) in [5, 5.41) is 8.63. The van der Waals surface area contributed by atoms with Gasteiger partial charge in [-0.25, -0.2) is 13.6 Å². The molecule has 2 rings (SSSR count). The van der Waals surface area contributed by atoms with Crippen LogP contribution in [0.2, 0.25) is 0 Å². The van der Waals surface area contributed by atoms with Gasteiger partial charge in [-0.05, 0) is 49.4 Å². The monoisotopic (exact) mass is 310 g/mol. The van der Waals surface area contributed by atoms with Crippen molar-refractivity contribution >= 4 is 15.7 Å². The summed E-state index contributed by atoms with van der Waals surface area (Å²) < 4.78 is 23.0. The van der Waals surface area contributed by atoms with Gasteiger partial charge in [0.15, 0.2) is 0 Å². The van der Waals surface area contributed by atoms with Crippen LogP contribution in [0.15, 0.2) is 17.0 Å². The largest absolute Gasteiger partial charge is 0.385 e. The molecule has 118 valence electrons. The maximum atomic E-state index is 11.5. The topological polar surface area (TPSA) is 72.2 Å². The Morgan fingerprint density at radius 1 is 1.19 bits per heavy atom. The molecule has 0 saturated heterocycles. The molecule has 0 spiro atoms. The van der Waals surface area contributed by atoms with Crippen LogP contribution in [0.5, 0.6) is 0 Å². The number of nitrogens with one attached hydrogen (secondary N) is 1. The first-order valence-corrected chi connectivity index (χ1v) is 9.30. The van der Waals surface area contributed by atoms with Crippen molar-refractivity contribution in [2.24, 2.45) is 11.1 Å². The number of rotatable bonds is 5. The minimum absolute atomic E-state index is 0.186. The van der Waals surface area contributed by atoms with E-state index < -0.39 is 10.0 Å². The lowest BCUT2D eigenvalue weighted by Gasteiger charge is -2.22. The van der Waals surface area contributed by atoms with Gasteiger partial charge in [0.2, 0.25) is 10.0 Å². The molecule has 0 heterocycles. The third kappa shape index (κ3) is 4.45. The van der Waals surface area contributed by atoms with Crippen molar-refractivity contribution in [3.8, 4) is 0 Å². The molecule has 1 aliphatic carbocycles. The van der Waals surface area contributed by atoms with Crippen LogP contribution < -0.4 is 10.5 Å². The first-order chi connectivity index (χ1) is 9.88. The van der Waals surface area contributed by atoms with Crippen LogP contribution in [0.25, 0.3) is 0 Å². The van der Waals surface area contributed by atoms with Gasteiger partial charge >= 0.3 is 0 Å². The lowest BCUT2D eigenvalue weighted by atomic mass is 9.87. The van der Waals surface area contributed by atoms with E-state index in [1.807, 2.05) is 13.8 Å². The molecule has 0 amide bonds. The quantitative estimate of drug-likeness (QED) is 0.876. The fourth-order valence-electron chi connectivity index (χ4n) is 3.06. The van der Waals surface area contributed by atoms with Crippen molar-refractivity contribution in [1.82, 2.24) is 0 Å². The van der Waals surface area contributed by atoms with Crippen LogP contribution in [-0.4, -0.2) is 15.0 Å². The number of benzene rings is 1. The van der Waals surface area contributed by atoms with Crippen molar-refractivity contribution in [2.45, 2.75) is 57.3 Å². The first kappa shape index (κ1) is 16.3. The Kier molecular flexibility index (Phi) is 5.27. The van der Waals surface area contributed by atoms with Gasteiger partial charge in [-0.1, -0.05) is 32.1 Å². The molecule has 3 N–H and O–H groups in total. The lowest BCUT2D eigenvalue weighted by Crippen LogP contribution is -2.15. The van der Waals surface area contributed by atoms with E-state index in [1.54, 1.807) is 12.1 Å². The summed E-state index contributed by atoms with van der Waals surface area (Å²) in [5.41, 5.74) is 2.92. The second-order valence-electron chi connectivity index (χ2n) is 6.18. The molecule has 21 heavy (non-hydrogen) atoms. The fourth-order valence-corrected chi connectivity index (χ4v) is 3.68. The molecule has 0 bridgehead atoms. The standard InChI is InChI=1S/C16H26N2O2S/c1-12-10-15(21(17,19)20)11-16(13(12)2)18-9-8-14-6-4-3-5-7-14/h10-11,14,18H,3-9H2,1-2H3,(H2,17,19,20). The van der Waals surface area contributed by atoms with Crippen LogP contribution in [0.3, 0.4) is 0 Å². The Morgan fingerprint density at radius 2 is 1.86 bits per heavy atom. The number of aryl methyl sites for hydroxylation is 1. The van der Waals surface area contributed by atoms with E-state index in [9.17, 15) is 8.42 Å². The Labute approximate surface area is 128 Å². The highest BCUT2D eigenvalue weighted by Gasteiger charge is 2.15. The van der Waals surface area contributed by atoms with E-state index >= 15 is 0 Å². The minimum Gasteiger partial charge on any atom is -0.385 e. The summed E-state index contributed by atoms with van der Waals surface area (Å²) in [5.74, 6) is 0.814. The van der Waals surface area contributed by atoms with Gasteiger partial charge in [0.25, 0.3) is 0 Å². The second kappa shape index (κ2) is 6.79.